The zero-order valence-electron chi connectivity index (χ0n) is 26.9. The highest BCUT2D eigenvalue weighted by Gasteiger charge is 2.27. The molecule has 2 aromatic rings. The minimum absolute atomic E-state index is 0.219. The van der Waals surface area contributed by atoms with Gasteiger partial charge in [-0.05, 0) is 68.8 Å². The number of sulfone groups is 1. The number of anilines is 2. The number of nitrogens with zero attached hydrogens (tertiary/aromatic N) is 2. The molecular formula is C34H48N4O7S. The minimum Gasteiger partial charge on any atom is -0.478 e. The van der Waals surface area contributed by atoms with Gasteiger partial charge in [-0.25, -0.2) is 18.0 Å². The molecule has 2 aliphatic heterocycles. The molecule has 4 N–H and O–H groups in total. The fraction of sp³-hybridized carbons (Fsp3) is 0.500. The molecule has 0 unspecified atom stereocenters. The Bertz CT molecular complexity index is 1420. The van der Waals surface area contributed by atoms with Crippen LogP contribution in [0.25, 0.3) is 0 Å². The number of nitrogens with one attached hydrogen (secondary N) is 2. The number of carboxylic acid groups (broad SMARTS) is 2. The van der Waals surface area contributed by atoms with Gasteiger partial charge < -0.3 is 30.6 Å². The minimum atomic E-state index is -3.54. The Hall–Kier alpha value is -3.90. The number of benzene rings is 2. The van der Waals surface area contributed by atoms with Crippen LogP contribution in [0.2, 0.25) is 0 Å². The molecule has 0 aromatic heterocycles. The van der Waals surface area contributed by atoms with Gasteiger partial charge in [0.2, 0.25) is 0 Å². The number of aliphatic carboxylic acids is 2. The molecule has 0 bridgehead atoms. The molecule has 12 heteroatoms. The number of amides is 1. The van der Waals surface area contributed by atoms with Crippen molar-refractivity contribution < 1.29 is 33.0 Å². The van der Waals surface area contributed by atoms with E-state index >= 15 is 0 Å². The molecule has 0 aliphatic carbocycles. The van der Waals surface area contributed by atoms with Crippen LogP contribution in [0.5, 0.6) is 0 Å². The highest BCUT2D eigenvalue weighted by Crippen LogP contribution is 2.36. The maximum atomic E-state index is 13.2. The number of carbonyl (C=O) groups excluding carboxylic acids is 1. The molecule has 2 fully saturated rings. The zero-order valence-corrected chi connectivity index (χ0v) is 27.7. The predicted octanol–water partition coefficient (Wildman–Crippen LogP) is 4.61. The summed E-state index contributed by atoms with van der Waals surface area (Å²) in [6, 6.07) is 14.1. The van der Waals surface area contributed by atoms with Gasteiger partial charge in [0.05, 0.1) is 16.1 Å². The van der Waals surface area contributed by atoms with Gasteiger partial charge in [-0.3, -0.25) is 4.79 Å². The van der Waals surface area contributed by atoms with E-state index in [1.165, 1.54) is 24.7 Å². The van der Waals surface area contributed by atoms with Crippen molar-refractivity contribution in [3.63, 3.8) is 0 Å². The number of likely N-dealkylation sites (tertiary alicyclic amines) is 1. The van der Waals surface area contributed by atoms with Gasteiger partial charge in [0.1, 0.15) is 0 Å². The van der Waals surface area contributed by atoms with E-state index in [4.69, 9.17) is 10.2 Å². The van der Waals surface area contributed by atoms with E-state index in [1.807, 2.05) is 12.1 Å². The molecule has 0 saturated carbocycles. The first-order chi connectivity index (χ1) is 22.0. The largest absolute Gasteiger partial charge is 0.478 e. The maximum absolute atomic E-state index is 13.2. The number of piperidine rings is 1. The molecule has 11 nitrogen and oxygen atoms in total. The Labute approximate surface area is 272 Å². The van der Waals surface area contributed by atoms with Crippen molar-refractivity contribution >= 4 is 39.1 Å². The van der Waals surface area contributed by atoms with Gasteiger partial charge >= 0.3 is 11.9 Å². The Balaban J connectivity index is 0.000000637. The van der Waals surface area contributed by atoms with Gasteiger partial charge in [0.25, 0.3) is 5.91 Å². The van der Waals surface area contributed by atoms with Crippen LogP contribution >= 0.6 is 0 Å². The van der Waals surface area contributed by atoms with Crippen molar-refractivity contribution in [1.82, 2.24) is 10.2 Å². The fourth-order valence-corrected chi connectivity index (χ4v) is 6.70. The maximum Gasteiger partial charge on any atom is 0.328 e. The lowest BCUT2D eigenvalue weighted by molar-refractivity contribution is -0.134. The molecule has 2 heterocycles. The van der Waals surface area contributed by atoms with Crippen LogP contribution in [0, 0.1) is 0 Å². The van der Waals surface area contributed by atoms with Crippen molar-refractivity contribution in [2.75, 3.05) is 62.3 Å². The lowest BCUT2D eigenvalue weighted by Gasteiger charge is -2.35. The number of unbranched alkanes of at least 4 members (excludes halogenated alkanes) is 2. The first-order valence-corrected chi connectivity index (χ1v) is 17.9. The SMILES string of the molecule is CCCCCNC(=O)c1cc(S(C)(=O)=O)c(N2CCC(c3ccccc3)CC2)cc1NCCN1CCCC1.O=C(O)/C=C\C(=O)O. The molecule has 2 aliphatic rings. The first kappa shape index (κ1) is 36.6. The summed E-state index contributed by atoms with van der Waals surface area (Å²) in [6.07, 6.45) is 9.79. The summed E-state index contributed by atoms with van der Waals surface area (Å²) < 4.78 is 25.9. The van der Waals surface area contributed by atoms with E-state index in [2.05, 4.69) is 51.6 Å². The Kier molecular flexibility index (Phi) is 14.5. The zero-order chi connectivity index (χ0) is 33.5. The van der Waals surface area contributed by atoms with Crippen LogP contribution in [-0.4, -0.2) is 93.4 Å². The lowest BCUT2D eigenvalue weighted by atomic mass is 9.89. The summed E-state index contributed by atoms with van der Waals surface area (Å²) in [5.74, 6) is -2.26. The van der Waals surface area contributed by atoms with E-state index < -0.39 is 21.8 Å². The third-order valence-corrected chi connectivity index (χ3v) is 9.35. The fourth-order valence-electron chi connectivity index (χ4n) is 5.80. The van der Waals surface area contributed by atoms with Crippen molar-refractivity contribution in [2.45, 2.75) is 62.7 Å². The second kappa shape index (κ2) is 18.3. The number of carbonyl (C=O) groups is 3. The average Bonchev–Trinajstić information content (AvgIpc) is 3.56. The van der Waals surface area contributed by atoms with E-state index in [1.54, 1.807) is 6.07 Å². The topological polar surface area (TPSA) is 156 Å². The third-order valence-electron chi connectivity index (χ3n) is 8.23. The molecule has 1 amide bonds. The number of carboxylic acids is 2. The van der Waals surface area contributed by atoms with Crippen LogP contribution < -0.4 is 15.5 Å². The predicted molar refractivity (Wildman–Crippen MR) is 181 cm³/mol. The van der Waals surface area contributed by atoms with Crippen LogP contribution in [0.3, 0.4) is 0 Å². The summed E-state index contributed by atoms with van der Waals surface area (Å²) in [5.41, 5.74) is 3.16. The summed E-state index contributed by atoms with van der Waals surface area (Å²) in [7, 11) is -3.54. The first-order valence-electron chi connectivity index (χ1n) is 16.1. The highest BCUT2D eigenvalue weighted by molar-refractivity contribution is 7.90. The highest BCUT2D eigenvalue weighted by atomic mass is 32.2. The van der Waals surface area contributed by atoms with Gasteiger partial charge in [0.15, 0.2) is 9.84 Å². The normalized spacial score (nSPS) is 15.7. The van der Waals surface area contributed by atoms with Gasteiger partial charge in [-0.15, -0.1) is 0 Å². The molecule has 252 valence electrons. The van der Waals surface area contributed by atoms with E-state index in [0.717, 1.165) is 64.8 Å². The van der Waals surface area contributed by atoms with Crippen LogP contribution in [0.15, 0.2) is 59.5 Å². The summed E-state index contributed by atoms with van der Waals surface area (Å²) >= 11 is 0. The van der Waals surface area contributed by atoms with E-state index in [9.17, 15) is 22.8 Å². The van der Waals surface area contributed by atoms with Crippen molar-refractivity contribution in [1.29, 1.82) is 0 Å². The average molecular weight is 657 g/mol. The Morgan fingerprint density at radius 1 is 0.913 bits per heavy atom. The molecule has 2 saturated heterocycles. The Morgan fingerprint density at radius 3 is 2.11 bits per heavy atom. The summed E-state index contributed by atoms with van der Waals surface area (Å²) in [6.45, 7) is 8.11. The molecular weight excluding hydrogens is 608 g/mol. The number of hydrogen-bond donors (Lipinski definition) is 4. The molecule has 2 aromatic carbocycles. The second-order valence-electron chi connectivity index (χ2n) is 11.8. The van der Waals surface area contributed by atoms with Crippen molar-refractivity contribution in [2.24, 2.45) is 0 Å². The summed E-state index contributed by atoms with van der Waals surface area (Å²) in [5, 5.41) is 22.1. The number of hydrogen-bond acceptors (Lipinski definition) is 8. The smallest absolute Gasteiger partial charge is 0.328 e. The van der Waals surface area contributed by atoms with Gasteiger partial charge in [-0.2, -0.15) is 0 Å². The van der Waals surface area contributed by atoms with E-state index in [0.29, 0.717) is 48.1 Å². The quantitative estimate of drug-likeness (QED) is 0.167. The number of rotatable bonds is 14. The van der Waals surface area contributed by atoms with Crippen LogP contribution in [0.1, 0.15) is 73.7 Å². The lowest BCUT2D eigenvalue weighted by Crippen LogP contribution is -2.34. The Morgan fingerprint density at radius 2 is 1.54 bits per heavy atom. The standard InChI is InChI=1S/C30H44N4O3S.C4H4O4/c1-3-4-8-15-32-30(35)26-22-29(38(2,36)37)28(23-27(26)31-16-21-33-17-9-10-18-33)34-19-13-25(14-20-34)24-11-6-5-7-12-24;5-3(6)1-2-4(7)8/h5-7,11-12,22-23,25,31H,3-4,8-10,13-21H2,1-2H3,(H,32,35);1-2H,(H,5,6)(H,7,8)/b;2-1-. The molecule has 46 heavy (non-hydrogen) atoms. The third kappa shape index (κ3) is 11.8. The monoisotopic (exact) mass is 656 g/mol. The van der Waals surface area contributed by atoms with Crippen LogP contribution in [0.4, 0.5) is 11.4 Å². The van der Waals surface area contributed by atoms with E-state index in [-0.39, 0.29) is 10.8 Å². The summed E-state index contributed by atoms with van der Waals surface area (Å²) in [4.78, 5) is 37.2. The molecule has 0 spiro atoms. The van der Waals surface area contributed by atoms with Crippen LogP contribution in [-0.2, 0) is 19.4 Å². The molecule has 0 atom stereocenters. The van der Waals surface area contributed by atoms with Crippen molar-refractivity contribution in [3.05, 3.63) is 65.7 Å². The van der Waals surface area contributed by atoms with Gasteiger partial charge in [-0.1, -0.05) is 50.1 Å². The van der Waals surface area contributed by atoms with Gasteiger partial charge in [0, 0.05) is 56.8 Å². The molecule has 4 rings (SSSR count). The second-order valence-corrected chi connectivity index (χ2v) is 13.7. The molecule has 0 radical (unpaired) electrons. The van der Waals surface area contributed by atoms with Crippen molar-refractivity contribution in [3.8, 4) is 0 Å².